The maximum atomic E-state index is 11.9. The van der Waals surface area contributed by atoms with Gasteiger partial charge in [-0.1, -0.05) is 25.5 Å². The molecule has 2 heterocycles. The van der Waals surface area contributed by atoms with Crippen molar-refractivity contribution in [3.63, 3.8) is 0 Å². The third-order valence-corrected chi connectivity index (χ3v) is 4.83. The van der Waals surface area contributed by atoms with E-state index in [-0.39, 0.29) is 5.75 Å². The molecule has 0 amide bonds. The highest BCUT2D eigenvalue weighted by Gasteiger charge is 2.10. The Balaban J connectivity index is 1.79. The number of hydrogen-bond donors (Lipinski definition) is 1. The molecule has 0 radical (unpaired) electrons. The van der Waals surface area contributed by atoms with Crippen LogP contribution in [-0.2, 0) is 10.0 Å². The van der Waals surface area contributed by atoms with Gasteiger partial charge in [-0.2, -0.15) is 0 Å². The van der Waals surface area contributed by atoms with Gasteiger partial charge >= 0.3 is 0 Å². The molecule has 3 rings (SSSR count). The van der Waals surface area contributed by atoms with Crippen LogP contribution in [-0.4, -0.2) is 28.5 Å². The van der Waals surface area contributed by atoms with Crippen LogP contribution in [0, 0.1) is 0 Å². The summed E-state index contributed by atoms with van der Waals surface area (Å²) in [5.41, 5.74) is 2.27. The molecule has 0 fully saturated rings. The van der Waals surface area contributed by atoms with E-state index in [1.807, 2.05) is 41.9 Å². The van der Waals surface area contributed by atoms with Crippen LogP contribution in [0.2, 0.25) is 0 Å². The molecule has 7 heteroatoms. The fraction of sp³-hybridized carbons (Fsp3) is 0.250. The monoisotopic (exact) mass is 330 g/mol. The summed E-state index contributed by atoms with van der Waals surface area (Å²) in [6, 6.07) is 9.03. The van der Waals surface area contributed by atoms with Gasteiger partial charge in [0, 0.05) is 29.8 Å². The van der Waals surface area contributed by atoms with Gasteiger partial charge in [0.05, 0.1) is 11.4 Å². The maximum Gasteiger partial charge on any atom is 0.234 e. The second-order valence-electron chi connectivity index (χ2n) is 5.30. The van der Waals surface area contributed by atoms with Gasteiger partial charge in [-0.05, 0) is 24.6 Å². The highest BCUT2D eigenvalue weighted by atomic mass is 32.2. The Labute approximate surface area is 135 Å². The number of unbranched alkanes of at least 4 members (excludes halogenated alkanes) is 1. The Kier molecular flexibility index (Phi) is 4.29. The Morgan fingerprint density at radius 1 is 1.22 bits per heavy atom. The average molecular weight is 330 g/mol. The number of aromatic nitrogens is 3. The van der Waals surface area contributed by atoms with Crippen LogP contribution < -0.4 is 4.72 Å². The summed E-state index contributed by atoms with van der Waals surface area (Å²) in [4.78, 5) is 8.62. The van der Waals surface area contributed by atoms with E-state index in [0.29, 0.717) is 17.9 Å². The van der Waals surface area contributed by atoms with Crippen molar-refractivity contribution in [3.05, 3.63) is 48.9 Å². The van der Waals surface area contributed by atoms with E-state index in [2.05, 4.69) is 14.7 Å². The molecule has 0 saturated heterocycles. The zero-order valence-electron chi connectivity index (χ0n) is 12.8. The normalized spacial score (nSPS) is 11.7. The summed E-state index contributed by atoms with van der Waals surface area (Å²) in [6.07, 6.45) is 6.97. The lowest BCUT2D eigenvalue weighted by Crippen LogP contribution is -2.16. The lowest BCUT2D eigenvalue weighted by molar-refractivity contribution is 0.598. The van der Waals surface area contributed by atoms with Crippen molar-refractivity contribution in [2.24, 2.45) is 0 Å². The van der Waals surface area contributed by atoms with Gasteiger partial charge in [-0.15, -0.1) is 0 Å². The smallest absolute Gasteiger partial charge is 0.234 e. The number of rotatable bonds is 6. The van der Waals surface area contributed by atoms with Crippen LogP contribution in [0.1, 0.15) is 19.8 Å². The molecule has 23 heavy (non-hydrogen) atoms. The molecule has 3 aromatic rings. The lowest BCUT2D eigenvalue weighted by atomic mass is 10.1. The highest BCUT2D eigenvalue weighted by molar-refractivity contribution is 7.92. The molecule has 0 unspecified atom stereocenters. The van der Waals surface area contributed by atoms with Gasteiger partial charge in [0.1, 0.15) is 0 Å². The number of fused-ring (bicyclic) bond motifs is 1. The molecular weight excluding hydrogens is 312 g/mol. The molecule has 0 aliphatic heterocycles. The van der Waals surface area contributed by atoms with Crippen molar-refractivity contribution in [3.8, 4) is 11.3 Å². The molecule has 6 nitrogen and oxygen atoms in total. The molecule has 0 aliphatic carbocycles. The number of benzene rings is 1. The first-order valence-corrected chi connectivity index (χ1v) is 9.13. The van der Waals surface area contributed by atoms with Crippen molar-refractivity contribution in [1.82, 2.24) is 14.4 Å². The van der Waals surface area contributed by atoms with Gasteiger partial charge in [0.2, 0.25) is 15.8 Å². The molecule has 120 valence electrons. The molecule has 0 aliphatic rings. The predicted octanol–water partition coefficient (Wildman–Crippen LogP) is 2.94. The van der Waals surface area contributed by atoms with E-state index >= 15 is 0 Å². The zero-order valence-corrected chi connectivity index (χ0v) is 13.6. The largest absolute Gasteiger partial charge is 0.291 e. The minimum atomic E-state index is -3.27. The Morgan fingerprint density at radius 2 is 2.00 bits per heavy atom. The third-order valence-electron chi connectivity index (χ3n) is 3.46. The second-order valence-corrected chi connectivity index (χ2v) is 7.15. The van der Waals surface area contributed by atoms with Crippen LogP contribution in [0.5, 0.6) is 0 Å². The number of anilines is 1. The fourth-order valence-corrected chi connectivity index (χ4v) is 3.51. The van der Waals surface area contributed by atoms with Crippen molar-refractivity contribution >= 4 is 21.5 Å². The van der Waals surface area contributed by atoms with Crippen LogP contribution >= 0.6 is 0 Å². The molecule has 2 aromatic heterocycles. The molecule has 1 aromatic carbocycles. The van der Waals surface area contributed by atoms with E-state index in [0.717, 1.165) is 17.7 Å². The highest BCUT2D eigenvalue weighted by Crippen LogP contribution is 2.21. The maximum absolute atomic E-state index is 11.9. The first-order chi connectivity index (χ1) is 11.1. The minimum absolute atomic E-state index is 0.142. The first kappa shape index (κ1) is 15.5. The topological polar surface area (TPSA) is 76.4 Å². The summed E-state index contributed by atoms with van der Waals surface area (Å²) in [6.45, 7) is 1.97. The lowest BCUT2D eigenvalue weighted by Gasteiger charge is -2.07. The third kappa shape index (κ3) is 3.68. The van der Waals surface area contributed by atoms with Crippen LogP contribution in [0.15, 0.2) is 48.9 Å². The number of imidazole rings is 1. The molecular formula is C16H18N4O2S. The van der Waals surface area contributed by atoms with E-state index in [4.69, 9.17) is 0 Å². The standard InChI is InChI=1S/C16H18N4O2S/c1-2-3-11-23(21,22)19-14-7-5-13(6-8-14)15-12-20-10-4-9-17-16(20)18-15/h4-10,12,19H,2-3,11H2,1H3. The average Bonchev–Trinajstić information content (AvgIpc) is 2.97. The summed E-state index contributed by atoms with van der Waals surface area (Å²) >= 11 is 0. The van der Waals surface area contributed by atoms with E-state index in [1.54, 1.807) is 18.3 Å². The minimum Gasteiger partial charge on any atom is -0.291 e. The van der Waals surface area contributed by atoms with Crippen molar-refractivity contribution in [2.75, 3.05) is 10.5 Å². The Hall–Kier alpha value is -2.41. The van der Waals surface area contributed by atoms with E-state index < -0.39 is 10.0 Å². The summed E-state index contributed by atoms with van der Waals surface area (Å²) in [5.74, 6) is 0.774. The second kappa shape index (κ2) is 6.37. The fourth-order valence-electron chi connectivity index (χ4n) is 2.24. The predicted molar refractivity (Wildman–Crippen MR) is 90.7 cm³/mol. The van der Waals surface area contributed by atoms with Crippen LogP contribution in [0.25, 0.3) is 17.0 Å². The molecule has 0 spiro atoms. The summed E-state index contributed by atoms with van der Waals surface area (Å²) in [7, 11) is -3.27. The van der Waals surface area contributed by atoms with Crippen LogP contribution in [0.3, 0.4) is 0 Å². The van der Waals surface area contributed by atoms with Crippen LogP contribution in [0.4, 0.5) is 5.69 Å². The number of hydrogen-bond acceptors (Lipinski definition) is 4. The molecule has 1 N–H and O–H groups in total. The van der Waals surface area contributed by atoms with E-state index in [9.17, 15) is 8.42 Å². The number of sulfonamides is 1. The number of nitrogens with one attached hydrogen (secondary N) is 1. The van der Waals surface area contributed by atoms with E-state index in [1.165, 1.54) is 0 Å². The van der Waals surface area contributed by atoms with Gasteiger partial charge in [-0.25, -0.2) is 18.4 Å². The van der Waals surface area contributed by atoms with Gasteiger partial charge in [0.15, 0.2) is 0 Å². The SMILES string of the molecule is CCCCS(=O)(=O)Nc1ccc(-c2cn3cccnc3n2)cc1. The molecule has 0 atom stereocenters. The van der Waals surface area contributed by atoms with Gasteiger partial charge in [0.25, 0.3) is 0 Å². The summed E-state index contributed by atoms with van der Waals surface area (Å²) < 4.78 is 28.2. The Morgan fingerprint density at radius 3 is 2.70 bits per heavy atom. The Bertz CT molecular complexity index is 868. The number of nitrogens with zero attached hydrogens (tertiary/aromatic N) is 3. The molecule has 0 saturated carbocycles. The quantitative estimate of drug-likeness (QED) is 0.754. The van der Waals surface area contributed by atoms with Gasteiger partial charge in [-0.3, -0.25) is 9.12 Å². The zero-order chi connectivity index (χ0) is 16.3. The first-order valence-electron chi connectivity index (χ1n) is 7.48. The van der Waals surface area contributed by atoms with Crippen molar-refractivity contribution in [2.45, 2.75) is 19.8 Å². The van der Waals surface area contributed by atoms with Gasteiger partial charge < -0.3 is 0 Å². The molecule has 0 bridgehead atoms. The summed E-state index contributed by atoms with van der Waals surface area (Å²) in [5, 5.41) is 0. The van der Waals surface area contributed by atoms with Crippen molar-refractivity contribution in [1.29, 1.82) is 0 Å². The van der Waals surface area contributed by atoms with Crippen molar-refractivity contribution < 1.29 is 8.42 Å².